The maximum atomic E-state index is 5.36. The maximum absolute atomic E-state index is 5.36. The van der Waals surface area contributed by atoms with Gasteiger partial charge in [-0.1, -0.05) is 0 Å². The summed E-state index contributed by atoms with van der Waals surface area (Å²) in [7, 11) is 4.49. The van der Waals surface area contributed by atoms with Crippen LogP contribution in [0, 0.1) is 0 Å². The van der Waals surface area contributed by atoms with E-state index in [2.05, 4.69) is 16.9 Å². The van der Waals surface area contributed by atoms with Crippen LogP contribution in [0.15, 0.2) is 4.99 Å². The monoisotopic (exact) mass is 260 g/mol. The van der Waals surface area contributed by atoms with E-state index in [-0.39, 0.29) is 0 Å². The third-order valence-corrected chi connectivity index (χ3v) is 5.63. The molecule has 0 aromatic heterocycles. The molecular formula is C11H24N2O3Si. The highest BCUT2D eigenvalue weighted by molar-refractivity contribution is 6.61. The smallest absolute Gasteiger partial charge is 0.376 e. The van der Waals surface area contributed by atoms with Gasteiger partial charge in [-0.2, -0.15) is 0 Å². The van der Waals surface area contributed by atoms with Crippen molar-refractivity contribution < 1.29 is 13.3 Å². The first kappa shape index (κ1) is 14.8. The lowest BCUT2D eigenvalue weighted by atomic mass is 10.2. The molecule has 100 valence electrons. The van der Waals surface area contributed by atoms with Gasteiger partial charge in [0.15, 0.2) is 0 Å². The molecule has 1 aliphatic heterocycles. The fourth-order valence-electron chi connectivity index (χ4n) is 1.92. The van der Waals surface area contributed by atoms with Crippen LogP contribution in [0.1, 0.15) is 19.3 Å². The Labute approximate surface area is 105 Å². The largest absolute Gasteiger partial charge is 0.522 e. The lowest BCUT2D eigenvalue weighted by Gasteiger charge is -2.22. The lowest BCUT2D eigenvalue weighted by molar-refractivity contribution is 0.125. The molecule has 1 aliphatic rings. The molecule has 1 heterocycles. The van der Waals surface area contributed by atoms with Gasteiger partial charge in [-0.05, 0) is 32.9 Å². The Morgan fingerprint density at radius 2 is 1.76 bits per heavy atom. The standard InChI is InChI=1S/C11H24N2O3Si/c1-13-8-5-6-11(7-9-13)12-10-17(14-2,15-3)16-4/h5-10H2,1-4H3. The summed E-state index contributed by atoms with van der Waals surface area (Å²) >= 11 is 0. The van der Waals surface area contributed by atoms with Gasteiger partial charge in [0.05, 0.1) is 0 Å². The SMILES string of the molecule is CO[Si](CN=C1CCCN(C)CC1)(OC)OC. The second-order valence-corrected chi connectivity index (χ2v) is 7.24. The van der Waals surface area contributed by atoms with E-state index in [9.17, 15) is 0 Å². The third-order valence-electron chi connectivity index (χ3n) is 3.22. The minimum atomic E-state index is -2.54. The summed E-state index contributed by atoms with van der Waals surface area (Å²) in [5.74, 6) is 0. The first-order chi connectivity index (χ1) is 8.15. The predicted molar refractivity (Wildman–Crippen MR) is 70.4 cm³/mol. The molecule has 1 saturated heterocycles. The van der Waals surface area contributed by atoms with Crippen molar-refractivity contribution in [1.82, 2.24) is 4.90 Å². The number of likely N-dealkylation sites (tertiary alicyclic amines) is 1. The van der Waals surface area contributed by atoms with Gasteiger partial charge in [-0.3, -0.25) is 4.99 Å². The van der Waals surface area contributed by atoms with Crippen molar-refractivity contribution in [3.63, 3.8) is 0 Å². The third kappa shape index (κ3) is 4.48. The highest BCUT2D eigenvalue weighted by Crippen LogP contribution is 2.10. The van der Waals surface area contributed by atoms with Crippen LogP contribution in [0.2, 0.25) is 0 Å². The molecule has 0 unspecified atom stereocenters. The first-order valence-electron chi connectivity index (χ1n) is 6.02. The van der Waals surface area contributed by atoms with Crippen molar-refractivity contribution in [1.29, 1.82) is 0 Å². The van der Waals surface area contributed by atoms with Crippen molar-refractivity contribution in [2.45, 2.75) is 19.3 Å². The van der Waals surface area contributed by atoms with E-state index in [1.54, 1.807) is 21.3 Å². The van der Waals surface area contributed by atoms with Crippen molar-refractivity contribution in [3.05, 3.63) is 0 Å². The molecule has 1 fully saturated rings. The van der Waals surface area contributed by atoms with E-state index in [0.717, 1.165) is 25.9 Å². The molecule has 0 atom stereocenters. The normalized spacial score (nSPS) is 21.8. The summed E-state index contributed by atoms with van der Waals surface area (Å²) in [5.41, 5.74) is 1.26. The molecule has 6 heteroatoms. The second kappa shape index (κ2) is 7.23. The summed E-state index contributed by atoms with van der Waals surface area (Å²) in [6.07, 6.45) is 3.82. The van der Waals surface area contributed by atoms with E-state index in [4.69, 9.17) is 13.3 Å². The predicted octanol–water partition coefficient (Wildman–Crippen LogP) is 0.960. The Kier molecular flexibility index (Phi) is 6.28. The van der Waals surface area contributed by atoms with Gasteiger partial charge >= 0.3 is 8.80 Å². The van der Waals surface area contributed by atoms with Gasteiger partial charge in [-0.25, -0.2) is 0 Å². The van der Waals surface area contributed by atoms with Gasteiger partial charge in [0.25, 0.3) is 0 Å². The van der Waals surface area contributed by atoms with Gasteiger partial charge in [0.2, 0.25) is 0 Å². The number of hydrogen-bond acceptors (Lipinski definition) is 5. The average Bonchev–Trinajstić information content (AvgIpc) is 2.57. The maximum Gasteiger partial charge on any atom is 0.522 e. The zero-order chi connectivity index (χ0) is 12.7. The van der Waals surface area contributed by atoms with Crippen LogP contribution in [-0.4, -0.2) is 67.1 Å². The Morgan fingerprint density at radius 3 is 2.35 bits per heavy atom. The quantitative estimate of drug-likeness (QED) is 0.691. The fourth-order valence-corrected chi connectivity index (χ4v) is 3.22. The molecule has 17 heavy (non-hydrogen) atoms. The molecule has 0 N–H and O–H groups in total. The van der Waals surface area contributed by atoms with Crippen LogP contribution in [0.25, 0.3) is 0 Å². The van der Waals surface area contributed by atoms with Crippen LogP contribution in [0.3, 0.4) is 0 Å². The van der Waals surface area contributed by atoms with Gasteiger partial charge < -0.3 is 18.2 Å². The topological polar surface area (TPSA) is 43.3 Å². The Hall–Kier alpha value is -0.273. The van der Waals surface area contributed by atoms with Crippen LogP contribution in [0.4, 0.5) is 0 Å². The van der Waals surface area contributed by atoms with Gasteiger partial charge in [0.1, 0.15) is 6.17 Å². The zero-order valence-corrected chi connectivity index (χ0v) is 12.4. The molecule has 0 bridgehead atoms. The molecule has 1 rings (SSSR count). The van der Waals surface area contributed by atoms with E-state index < -0.39 is 8.80 Å². The van der Waals surface area contributed by atoms with Gasteiger partial charge in [0, 0.05) is 33.6 Å². The highest BCUT2D eigenvalue weighted by atomic mass is 28.4. The molecule has 5 nitrogen and oxygen atoms in total. The van der Waals surface area contributed by atoms with Crippen LogP contribution < -0.4 is 0 Å². The molecule has 0 amide bonds. The van der Waals surface area contributed by atoms with Gasteiger partial charge in [-0.15, -0.1) is 0 Å². The second-order valence-electron chi connectivity index (χ2n) is 4.33. The summed E-state index contributed by atoms with van der Waals surface area (Å²) in [5, 5.41) is 0. The number of nitrogens with zero attached hydrogens (tertiary/aromatic N) is 2. The molecule has 0 saturated carbocycles. The van der Waals surface area contributed by atoms with Crippen molar-refractivity contribution in [2.24, 2.45) is 4.99 Å². The van der Waals surface area contributed by atoms with E-state index in [1.165, 1.54) is 12.1 Å². The summed E-state index contributed by atoms with van der Waals surface area (Å²) in [6, 6.07) is 0. The lowest BCUT2D eigenvalue weighted by Crippen LogP contribution is -2.46. The minimum Gasteiger partial charge on any atom is -0.376 e. The fraction of sp³-hybridized carbons (Fsp3) is 0.909. The van der Waals surface area contributed by atoms with Crippen LogP contribution in [0.5, 0.6) is 0 Å². The number of rotatable bonds is 5. The zero-order valence-electron chi connectivity index (χ0n) is 11.4. The number of aliphatic imine (C=N–C) groups is 1. The molecule has 0 aromatic carbocycles. The Bertz CT molecular complexity index is 249. The first-order valence-corrected chi connectivity index (χ1v) is 7.95. The summed E-state index contributed by atoms with van der Waals surface area (Å²) < 4.78 is 16.1. The Morgan fingerprint density at radius 1 is 1.12 bits per heavy atom. The molecule has 0 spiro atoms. The number of hydrogen-bond donors (Lipinski definition) is 0. The Balaban J connectivity index is 2.56. The van der Waals surface area contributed by atoms with E-state index >= 15 is 0 Å². The van der Waals surface area contributed by atoms with E-state index in [1.807, 2.05) is 0 Å². The van der Waals surface area contributed by atoms with Crippen LogP contribution in [-0.2, 0) is 13.3 Å². The van der Waals surface area contributed by atoms with Crippen molar-refractivity contribution in [2.75, 3.05) is 47.6 Å². The summed E-state index contributed by atoms with van der Waals surface area (Å²) in [4.78, 5) is 6.98. The highest BCUT2D eigenvalue weighted by Gasteiger charge is 2.37. The molecular weight excluding hydrogens is 236 g/mol. The van der Waals surface area contributed by atoms with Crippen LogP contribution >= 0.6 is 0 Å². The summed E-state index contributed by atoms with van der Waals surface area (Å²) in [6.45, 7) is 2.24. The van der Waals surface area contributed by atoms with Crippen molar-refractivity contribution >= 4 is 14.5 Å². The van der Waals surface area contributed by atoms with Crippen molar-refractivity contribution in [3.8, 4) is 0 Å². The molecule has 0 radical (unpaired) electrons. The minimum absolute atomic E-state index is 0.523. The molecule has 0 aromatic rings. The average molecular weight is 260 g/mol. The molecule has 0 aliphatic carbocycles. The van der Waals surface area contributed by atoms with E-state index in [0.29, 0.717) is 6.17 Å².